The van der Waals surface area contributed by atoms with Crippen LogP contribution in [-0.2, 0) is 13.8 Å². The molecule has 0 aliphatic carbocycles. The molecule has 0 heterocycles. The van der Waals surface area contributed by atoms with Crippen molar-refractivity contribution in [1.29, 1.82) is 0 Å². The fourth-order valence-electron chi connectivity index (χ4n) is 1.34. The number of carbonyl (C=O) groups is 1. The molecular formula is C12H13Cl2FO4S. The van der Waals surface area contributed by atoms with Crippen LogP contribution < -0.4 is 0 Å². The number of hydrogen-bond donors (Lipinski definition) is 0. The molecule has 8 heteroatoms. The van der Waals surface area contributed by atoms with Crippen molar-refractivity contribution in [3.8, 4) is 0 Å². The van der Waals surface area contributed by atoms with Gasteiger partial charge in [-0.1, -0.05) is 25.4 Å². The average molecular weight is 343 g/mol. The first-order valence-electron chi connectivity index (χ1n) is 5.73. The van der Waals surface area contributed by atoms with E-state index in [9.17, 15) is 17.6 Å². The van der Waals surface area contributed by atoms with Gasteiger partial charge in [0.25, 0.3) is 9.05 Å². The van der Waals surface area contributed by atoms with Gasteiger partial charge in [-0.15, -0.1) is 0 Å². The Kier molecular flexibility index (Phi) is 5.79. The van der Waals surface area contributed by atoms with Crippen LogP contribution in [0.2, 0.25) is 5.02 Å². The van der Waals surface area contributed by atoms with E-state index < -0.39 is 36.3 Å². The fourth-order valence-corrected chi connectivity index (χ4v) is 2.84. The van der Waals surface area contributed by atoms with Crippen LogP contribution in [0.3, 0.4) is 0 Å². The van der Waals surface area contributed by atoms with E-state index in [4.69, 9.17) is 27.0 Å². The molecule has 1 aromatic rings. The number of halogens is 3. The maximum atomic E-state index is 13.6. The molecule has 112 valence electrons. The molecule has 0 aliphatic rings. The van der Waals surface area contributed by atoms with Gasteiger partial charge in [0.15, 0.2) is 0 Å². The Hall–Kier alpha value is -0.850. The Morgan fingerprint density at radius 1 is 1.40 bits per heavy atom. The Morgan fingerprint density at radius 3 is 2.50 bits per heavy atom. The number of ether oxygens (including phenoxy) is 1. The van der Waals surface area contributed by atoms with Gasteiger partial charge < -0.3 is 4.74 Å². The van der Waals surface area contributed by atoms with Crippen LogP contribution in [0.25, 0.3) is 0 Å². The highest BCUT2D eigenvalue weighted by Gasteiger charge is 2.22. The molecule has 0 spiro atoms. The van der Waals surface area contributed by atoms with Gasteiger partial charge in [0.05, 0.1) is 17.2 Å². The summed E-state index contributed by atoms with van der Waals surface area (Å²) in [5.41, 5.74) is -0.516. The van der Waals surface area contributed by atoms with Crippen molar-refractivity contribution in [2.24, 2.45) is 5.92 Å². The van der Waals surface area contributed by atoms with E-state index in [0.717, 1.165) is 12.1 Å². The smallest absolute Gasteiger partial charge is 0.341 e. The number of carbonyl (C=O) groups excluding carboxylic acids is 1. The summed E-state index contributed by atoms with van der Waals surface area (Å²) in [5.74, 6) is -1.60. The Labute approximate surface area is 126 Å². The second kappa shape index (κ2) is 6.74. The van der Waals surface area contributed by atoms with Crippen LogP contribution in [0.5, 0.6) is 0 Å². The van der Waals surface area contributed by atoms with Gasteiger partial charge in [-0.2, -0.15) is 0 Å². The predicted octanol–water partition coefficient (Wildman–Crippen LogP) is 3.61. The standard InChI is InChI=1S/C12H13Cl2FO4S/c1-7(2)3-4-19-12(16)8-5-11(20(14,17)18)9(13)6-10(8)15/h5-7H,3-4H2,1-2H3. The molecule has 4 nitrogen and oxygen atoms in total. The zero-order valence-electron chi connectivity index (χ0n) is 10.8. The van der Waals surface area contributed by atoms with Gasteiger partial charge in [0.1, 0.15) is 10.7 Å². The Bertz CT molecular complexity index is 614. The highest BCUT2D eigenvalue weighted by atomic mass is 35.7. The van der Waals surface area contributed by atoms with Gasteiger partial charge in [-0.05, 0) is 24.5 Å². The van der Waals surface area contributed by atoms with E-state index in [0.29, 0.717) is 12.3 Å². The molecule has 0 aromatic heterocycles. The maximum Gasteiger partial charge on any atom is 0.341 e. The molecule has 1 rings (SSSR count). The van der Waals surface area contributed by atoms with Crippen molar-refractivity contribution >= 4 is 37.3 Å². The minimum absolute atomic E-state index is 0.113. The molecular weight excluding hydrogens is 330 g/mol. The van der Waals surface area contributed by atoms with Gasteiger partial charge in [-0.25, -0.2) is 17.6 Å². The molecule has 0 amide bonds. The van der Waals surface area contributed by atoms with Crippen LogP contribution in [-0.4, -0.2) is 21.0 Å². The first kappa shape index (κ1) is 17.2. The van der Waals surface area contributed by atoms with E-state index >= 15 is 0 Å². The normalized spacial score (nSPS) is 11.7. The first-order chi connectivity index (χ1) is 9.12. The summed E-state index contributed by atoms with van der Waals surface area (Å²) in [4.78, 5) is 11.2. The summed E-state index contributed by atoms with van der Waals surface area (Å²) >= 11 is 5.58. The number of benzene rings is 1. The maximum absolute atomic E-state index is 13.6. The zero-order chi connectivity index (χ0) is 15.5. The third-order valence-electron chi connectivity index (χ3n) is 2.43. The molecule has 20 heavy (non-hydrogen) atoms. The quantitative estimate of drug-likeness (QED) is 0.605. The lowest BCUT2D eigenvalue weighted by Gasteiger charge is -2.09. The summed E-state index contributed by atoms with van der Waals surface area (Å²) in [6, 6.07) is 1.49. The lowest BCUT2D eigenvalue weighted by atomic mass is 10.1. The molecule has 1 aromatic carbocycles. The van der Waals surface area contributed by atoms with Gasteiger partial charge in [0.2, 0.25) is 0 Å². The van der Waals surface area contributed by atoms with Crippen LogP contribution in [0.1, 0.15) is 30.6 Å². The second-order valence-electron chi connectivity index (χ2n) is 4.52. The van der Waals surface area contributed by atoms with Crippen LogP contribution in [0, 0.1) is 11.7 Å². The zero-order valence-corrected chi connectivity index (χ0v) is 13.1. The van der Waals surface area contributed by atoms with Crippen molar-refractivity contribution in [2.75, 3.05) is 6.61 Å². The van der Waals surface area contributed by atoms with E-state index in [1.54, 1.807) is 0 Å². The van der Waals surface area contributed by atoms with Crippen molar-refractivity contribution in [1.82, 2.24) is 0 Å². The van der Waals surface area contributed by atoms with Gasteiger partial charge >= 0.3 is 5.97 Å². The van der Waals surface area contributed by atoms with Crippen LogP contribution >= 0.6 is 22.3 Å². The second-order valence-corrected chi connectivity index (χ2v) is 7.46. The fraction of sp³-hybridized carbons (Fsp3) is 0.417. The van der Waals surface area contributed by atoms with E-state index in [1.807, 2.05) is 13.8 Å². The van der Waals surface area contributed by atoms with Crippen molar-refractivity contribution < 1.29 is 22.3 Å². The molecule has 0 fully saturated rings. The van der Waals surface area contributed by atoms with Gasteiger partial charge in [-0.3, -0.25) is 0 Å². The number of esters is 1. The summed E-state index contributed by atoms with van der Waals surface area (Å²) in [6.45, 7) is 3.99. The summed E-state index contributed by atoms with van der Waals surface area (Å²) in [5, 5.41) is -0.392. The third kappa shape index (κ3) is 4.61. The van der Waals surface area contributed by atoms with Crippen molar-refractivity contribution in [3.63, 3.8) is 0 Å². The third-order valence-corrected chi connectivity index (χ3v) is 4.22. The summed E-state index contributed by atoms with van der Waals surface area (Å²) in [7, 11) is 0.978. The van der Waals surface area contributed by atoms with Crippen molar-refractivity contribution in [2.45, 2.75) is 25.2 Å². The molecule has 0 N–H and O–H groups in total. The highest BCUT2D eigenvalue weighted by molar-refractivity contribution is 8.13. The minimum Gasteiger partial charge on any atom is -0.462 e. The van der Waals surface area contributed by atoms with Crippen molar-refractivity contribution in [3.05, 3.63) is 28.5 Å². The lowest BCUT2D eigenvalue weighted by Crippen LogP contribution is -2.11. The number of hydrogen-bond acceptors (Lipinski definition) is 4. The lowest BCUT2D eigenvalue weighted by molar-refractivity contribution is 0.0482. The molecule has 0 saturated carbocycles. The molecule has 0 bridgehead atoms. The Balaban J connectivity index is 3.04. The van der Waals surface area contributed by atoms with E-state index in [1.165, 1.54) is 0 Å². The minimum atomic E-state index is -4.17. The van der Waals surface area contributed by atoms with Crippen LogP contribution in [0.4, 0.5) is 4.39 Å². The largest absolute Gasteiger partial charge is 0.462 e. The molecule has 0 atom stereocenters. The first-order valence-corrected chi connectivity index (χ1v) is 8.42. The monoisotopic (exact) mass is 342 g/mol. The average Bonchev–Trinajstić information content (AvgIpc) is 2.26. The van der Waals surface area contributed by atoms with Crippen LogP contribution in [0.15, 0.2) is 17.0 Å². The number of rotatable bonds is 5. The highest BCUT2D eigenvalue weighted by Crippen LogP contribution is 2.28. The van der Waals surface area contributed by atoms with Gasteiger partial charge in [0, 0.05) is 10.7 Å². The summed E-state index contributed by atoms with van der Waals surface area (Å²) in [6.07, 6.45) is 0.613. The summed E-state index contributed by atoms with van der Waals surface area (Å²) < 4.78 is 41.0. The molecule has 0 unspecified atom stereocenters. The molecule has 0 radical (unpaired) electrons. The topological polar surface area (TPSA) is 60.4 Å². The SMILES string of the molecule is CC(C)CCOC(=O)c1cc(S(=O)(=O)Cl)c(Cl)cc1F. The van der Waals surface area contributed by atoms with E-state index in [2.05, 4.69) is 0 Å². The predicted molar refractivity (Wildman–Crippen MR) is 74.2 cm³/mol. The molecule has 0 aliphatic heterocycles. The Morgan fingerprint density at radius 2 is 2.00 bits per heavy atom. The molecule has 0 saturated heterocycles. The van der Waals surface area contributed by atoms with E-state index in [-0.39, 0.29) is 6.61 Å².